The van der Waals surface area contributed by atoms with Gasteiger partial charge in [-0.05, 0) is 43.3 Å². The van der Waals surface area contributed by atoms with E-state index in [1.54, 1.807) is 12.1 Å². The van der Waals surface area contributed by atoms with Crippen molar-refractivity contribution in [3.05, 3.63) is 47.8 Å². The number of halogens is 1. The van der Waals surface area contributed by atoms with Crippen LogP contribution in [0.2, 0.25) is 0 Å². The van der Waals surface area contributed by atoms with Crippen LogP contribution < -0.4 is 10.6 Å². The van der Waals surface area contributed by atoms with Crippen LogP contribution in [0, 0.1) is 5.82 Å². The molecular formula is C23H31FN4O. The first-order chi connectivity index (χ1) is 14.0. The number of benzene rings is 2. The first-order valence-corrected chi connectivity index (χ1v) is 10.4. The summed E-state index contributed by atoms with van der Waals surface area (Å²) < 4.78 is 20.5. The van der Waals surface area contributed by atoms with Gasteiger partial charge in [-0.25, -0.2) is 4.39 Å². The number of hydrogen-bond acceptors (Lipinski definition) is 5. The zero-order valence-electron chi connectivity index (χ0n) is 17.4. The summed E-state index contributed by atoms with van der Waals surface area (Å²) in [6.07, 6.45) is 0. The molecule has 0 aliphatic carbocycles. The average Bonchev–Trinajstić information content (AvgIpc) is 2.72. The minimum atomic E-state index is -0.218. The van der Waals surface area contributed by atoms with Crippen LogP contribution in [0.3, 0.4) is 0 Å². The molecule has 29 heavy (non-hydrogen) atoms. The number of rotatable bonds is 4. The largest absolute Gasteiger partial charge is 0.397 e. The summed E-state index contributed by atoms with van der Waals surface area (Å²) in [6.45, 7) is 9.13. The third-order valence-corrected chi connectivity index (χ3v) is 6.16. The van der Waals surface area contributed by atoms with Crippen LogP contribution in [0.5, 0.6) is 0 Å². The lowest BCUT2D eigenvalue weighted by Gasteiger charge is -2.39. The summed E-state index contributed by atoms with van der Waals surface area (Å²) >= 11 is 0. The van der Waals surface area contributed by atoms with Crippen LogP contribution in [-0.4, -0.2) is 68.8 Å². The van der Waals surface area contributed by atoms with E-state index < -0.39 is 0 Å². The predicted molar refractivity (Wildman–Crippen MR) is 117 cm³/mol. The molecule has 0 unspecified atom stereocenters. The van der Waals surface area contributed by atoms with Gasteiger partial charge < -0.3 is 20.3 Å². The van der Waals surface area contributed by atoms with E-state index in [2.05, 4.69) is 40.8 Å². The Balaban J connectivity index is 1.56. The Morgan fingerprint density at radius 1 is 1.10 bits per heavy atom. The summed E-state index contributed by atoms with van der Waals surface area (Å²) in [5.74, 6) is -0.218. The molecule has 2 saturated heterocycles. The van der Waals surface area contributed by atoms with Crippen LogP contribution in [0.4, 0.5) is 15.8 Å². The van der Waals surface area contributed by atoms with Gasteiger partial charge in [0.1, 0.15) is 5.82 Å². The first-order valence-electron chi connectivity index (χ1n) is 10.4. The number of likely N-dealkylation sites (N-methyl/N-ethyl adjacent to an activating group) is 1. The first kappa shape index (κ1) is 20.1. The summed E-state index contributed by atoms with van der Waals surface area (Å²) in [7, 11) is 2.12. The molecule has 5 nitrogen and oxygen atoms in total. The lowest BCUT2D eigenvalue weighted by Crippen LogP contribution is -2.50. The van der Waals surface area contributed by atoms with Crippen LogP contribution in [0.25, 0.3) is 11.1 Å². The lowest BCUT2D eigenvalue weighted by atomic mass is 10.0. The van der Waals surface area contributed by atoms with Crippen molar-refractivity contribution >= 4 is 11.4 Å². The molecule has 2 N–H and O–H groups in total. The molecule has 2 heterocycles. The van der Waals surface area contributed by atoms with Crippen molar-refractivity contribution in [3.8, 4) is 11.1 Å². The molecule has 2 aliphatic heterocycles. The minimum Gasteiger partial charge on any atom is -0.397 e. The third-order valence-electron chi connectivity index (χ3n) is 6.16. The van der Waals surface area contributed by atoms with Gasteiger partial charge in [0.25, 0.3) is 0 Å². The second kappa shape index (κ2) is 8.69. The van der Waals surface area contributed by atoms with E-state index in [1.807, 2.05) is 12.1 Å². The van der Waals surface area contributed by atoms with Crippen molar-refractivity contribution in [1.29, 1.82) is 0 Å². The van der Waals surface area contributed by atoms with E-state index in [9.17, 15) is 0 Å². The number of piperazine rings is 1. The zero-order chi connectivity index (χ0) is 20.4. The number of nitrogens with zero attached hydrogens (tertiary/aromatic N) is 3. The fraction of sp³-hybridized carbons (Fsp3) is 0.478. The van der Waals surface area contributed by atoms with Crippen LogP contribution >= 0.6 is 0 Å². The van der Waals surface area contributed by atoms with Gasteiger partial charge >= 0.3 is 0 Å². The molecule has 2 fully saturated rings. The van der Waals surface area contributed by atoms with Gasteiger partial charge in [0.2, 0.25) is 0 Å². The smallest absolute Gasteiger partial charge is 0.133 e. The second-order valence-corrected chi connectivity index (χ2v) is 8.26. The Bertz CT molecular complexity index is 853. The van der Waals surface area contributed by atoms with Gasteiger partial charge in [0.05, 0.1) is 24.6 Å². The van der Waals surface area contributed by atoms with Gasteiger partial charge in [-0.1, -0.05) is 18.2 Å². The van der Waals surface area contributed by atoms with Crippen molar-refractivity contribution < 1.29 is 9.13 Å². The summed E-state index contributed by atoms with van der Waals surface area (Å²) in [4.78, 5) is 6.88. The Morgan fingerprint density at radius 3 is 2.66 bits per heavy atom. The highest BCUT2D eigenvalue weighted by molar-refractivity contribution is 5.77. The van der Waals surface area contributed by atoms with Crippen molar-refractivity contribution in [3.63, 3.8) is 0 Å². The Kier molecular flexibility index (Phi) is 6.04. The van der Waals surface area contributed by atoms with E-state index in [0.717, 1.165) is 63.7 Å². The minimum absolute atomic E-state index is 0.218. The molecular weight excluding hydrogens is 367 g/mol. The molecule has 2 aliphatic rings. The fourth-order valence-corrected chi connectivity index (χ4v) is 4.20. The maximum atomic E-state index is 15.1. The average molecular weight is 399 g/mol. The van der Waals surface area contributed by atoms with Gasteiger partial charge in [-0.2, -0.15) is 0 Å². The Morgan fingerprint density at radius 2 is 1.90 bits per heavy atom. The molecule has 4 rings (SSSR count). The molecule has 0 amide bonds. The second-order valence-electron chi connectivity index (χ2n) is 8.26. The topological polar surface area (TPSA) is 45.0 Å². The normalized spacial score (nSPS) is 21.5. The van der Waals surface area contributed by atoms with Crippen LogP contribution in [-0.2, 0) is 11.3 Å². The standard InChI is InChI=1S/C23H31FN4O/c1-17-15-28(7-6-26(17)2)23-14-21(24)20(13-22(23)25)19-5-3-4-18(12-19)16-27-8-10-29-11-9-27/h3-5,12-14,17H,6-11,15-16,25H2,1-2H3/t17-/m1/s1. The van der Waals surface area contributed by atoms with Gasteiger partial charge in [0, 0.05) is 50.9 Å². The third kappa shape index (κ3) is 4.55. The molecule has 2 aromatic carbocycles. The number of hydrogen-bond donors (Lipinski definition) is 1. The van der Waals surface area contributed by atoms with E-state index in [-0.39, 0.29) is 5.82 Å². The molecule has 2 aromatic rings. The van der Waals surface area contributed by atoms with Crippen molar-refractivity contribution in [2.75, 3.05) is 63.6 Å². The molecule has 0 aromatic heterocycles. The highest BCUT2D eigenvalue weighted by Crippen LogP contribution is 2.33. The monoisotopic (exact) mass is 398 g/mol. The molecule has 0 radical (unpaired) electrons. The zero-order valence-corrected chi connectivity index (χ0v) is 17.4. The lowest BCUT2D eigenvalue weighted by molar-refractivity contribution is 0.0342. The van der Waals surface area contributed by atoms with E-state index >= 15 is 4.39 Å². The van der Waals surface area contributed by atoms with Crippen molar-refractivity contribution in [1.82, 2.24) is 9.80 Å². The predicted octanol–water partition coefficient (Wildman–Crippen LogP) is 3.05. The molecule has 0 saturated carbocycles. The number of nitrogens with two attached hydrogens (primary N) is 1. The summed E-state index contributed by atoms with van der Waals surface area (Å²) in [6, 6.07) is 11.9. The Labute approximate surface area is 172 Å². The number of nitrogen functional groups attached to an aromatic ring is 1. The molecule has 0 spiro atoms. The van der Waals surface area contributed by atoms with Gasteiger partial charge in [-0.3, -0.25) is 4.90 Å². The number of anilines is 2. The van der Waals surface area contributed by atoms with Gasteiger partial charge in [-0.15, -0.1) is 0 Å². The van der Waals surface area contributed by atoms with Crippen molar-refractivity contribution in [2.45, 2.75) is 19.5 Å². The highest BCUT2D eigenvalue weighted by atomic mass is 19.1. The van der Waals surface area contributed by atoms with E-state index in [1.165, 1.54) is 5.56 Å². The van der Waals surface area contributed by atoms with Gasteiger partial charge in [0.15, 0.2) is 0 Å². The maximum absolute atomic E-state index is 15.1. The quantitative estimate of drug-likeness (QED) is 0.802. The molecule has 0 bridgehead atoms. The Hall–Kier alpha value is -2.15. The number of morpholine rings is 1. The highest BCUT2D eigenvalue weighted by Gasteiger charge is 2.23. The summed E-state index contributed by atoms with van der Waals surface area (Å²) in [5.41, 5.74) is 10.4. The van der Waals surface area contributed by atoms with Crippen LogP contribution in [0.1, 0.15) is 12.5 Å². The SMILES string of the molecule is C[C@@H]1CN(c2cc(F)c(-c3cccc(CN4CCOCC4)c3)cc2N)CCN1C. The molecule has 1 atom stereocenters. The summed E-state index contributed by atoms with van der Waals surface area (Å²) in [5, 5.41) is 0. The molecule has 156 valence electrons. The van der Waals surface area contributed by atoms with E-state index in [0.29, 0.717) is 17.3 Å². The molecule has 6 heteroatoms. The fourth-order valence-electron chi connectivity index (χ4n) is 4.20. The van der Waals surface area contributed by atoms with Crippen molar-refractivity contribution in [2.24, 2.45) is 0 Å². The maximum Gasteiger partial charge on any atom is 0.133 e. The number of ether oxygens (including phenoxy) is 1. The van der Waals surface area contributed by atoms with E-state index in [4.69, 9.17) is 10.5 Å². The van der Waals surface area contributed by atoms with Crippen LogP contribution in [0.15, 0.2) is 36.4 Å².